The van der Waals surface area contributed by atoms with Gasteiger partial charge >= 0.3 is 0 Å². The van der Waals surface area contributed by atoms with Crippen LogP contribution in [0.1, 0.15) is 5.56 Å². The van der Waals surface area contributed by atoms with Crippen molar-refractivity contribution < 1.29 is 4.39 Å². The van der Waals surface area contributed by atoms with Crippen LogP contribution >= 0.6 is 15.9 Å². The summed E-state index contributed by atoms with van der Waals surface area (Å²) in [7, 11) is 1.75. The van der Waals surface area contributed by atoms with Gasteiger partial charge in [-0.1, -0.05) is 22.0 Å². The molecule has 1 saturated heterocycles. The van der Waals surface area contributed by atoms with E-state index >= 15 is 0 Å². The Kier molecular flexibility index (Phi) is 5.86. The summed E-state index contributed by atoms with van der Waals surface area (Å²) in [6.07, 6.45) is 1.81. The number of nitrogens with one attached hydrogen (secondary N) is 1. The van der Waals surface area contributed by atoms with Gasteiger partial charge < -0.3 is 15.1 Å². The third-order valence-electron chi connectivity index (χ3n) is 4.21. The summed E-state index contributed by atoms with van der Waals surface area (Å²) in [5.74, 6) is 1.58. The van der Waals surface area contributed by atoms with Gasteiger partial charge in [0.2, 0.25) is 0 Å². The van der Waals surface area contributed by atoms with E-state index in [-0.39, 0.29) is 5.82 Å². The zero-order chi connectivity index (χ0) is 17.6. The van der Waals surface area contributed by atoms with Crippen molar-refractivity contribution in [3.63, 3.8) is 0 Å². The molecule has 0 bridgehead atoms. The molecule has 2 heterocycles. The van der Waals surface area contributed by atoms with Crippen molar-refractivity contribution in [2.75, 3.05) is 38.1 Å². The molecule has 1 N–H and O–H groups in total. The minimum atomic E-state index is -0.217. The van der Waals surface area contributed by atoms with Crippen LogP contribution in [0.2, 0.25) is 0 Å². The van der Waals surface area contributed by atoms with Crippen LogP contribution in [-0.4, -0.2) is 49.1 Å². The first-order valence-electron chi connectivity index (χ1n) is 8.23. The fraction of sp³-hybridized carbons (Fsp3) is 0.333. The Morgan fingerprint density at radius 1 is 1.24 bits per heavy atom. The highest BCUT2D eigenvalue weighted by molar-refractivity contribution is 9.10. The molecule has 1 aromatic carbocycles. The van der Waals surface area contributed by atoms with Crippen molar-refractivity contribution in [1.82, 2.24) is 15.2 Å². The van der Waals surface area contributed by atoms with Crippen molar-refractivity contribution in [2.45, 2.75) is 6.54 Å². The molecule has 1 aliphatic heterocycles. The lowest BCUT2D eigenvalue weighted by Gasteiger charge is -2.37. The van der Waals surface area contributed by atoms with Crippen LogP contribution in [0.15, 0.2) is 52.1 Å². The van der Waals surface area contributed by atoms with Gasteiger partial charge in [-0.2, -0.15) is 0 Å². The summed E-state index contributed by atoms with van der Waals surface area (Å²) < 4.78 is 14.7. The topological polar surface area (TPSA) is 43.8 Å². The molecule has 0 saturated carbocycles. The van der Waals surface area contributed by atoms with Crippen molar-refractivity contribution in [2.24, 2.45) is 4.99 Å². The summed E-state index contributed by atoms with van der Waals surface area (Å²) in [6, 6.07) is 10.9. The number of benzene rings is 1. The van der Waals surface area contributed by atoms with E-state index in [4.69, 9.17) is 0 Å². The second kappa shape index (κ2) is 8.29. The molecule has 3 rings (SSSR count). The number of rotatable bonds is 3. The van der Waals surface area contributed by atoms with E-state index in [2.05, 4.69) is 41.0 Å². The van der Waals surface area contributed by atoms with Crippen molar-refractivity contribution in [3.8, 4) is 0 Å². The first-order chi connectivity index (χ1) is 12.2. The summed E-state index contributed by atoms with van der Waals surface area (Å²) >= 11 is 3.38. The molecule has 0 aliphatic carbocycles. The number of nitrogens with zero attached hydrogens (tertiary/aromatic N) is 4. The molecule has 0 unspecified atom stereocenters. The number of pyridine rings is 1. The van der Waals surface area contributed by atoms with Gasteiger partial charge in [0.05, 0.1) is 0 Å². The first-order valence-corrected chi connectivity index (χ1v) is 9.02. The molecule has 0 atom stereocenters. The number of anilines is 1. The summed E-state index contributed by atoms with van der Waals surface area (Å²) in [5, 5.41) is 3.26. The van der Waals surface area contributed by atoms with Gasteiger partial charge in [0, 0.05) is 56.0 Å². The number of guanidine groups is 1. The maximum absolute atomic E-state index is 13.9. The Morgan fingerprint density at radius 3 is 2.72 bits per heavy atom. The molecule has 1 aromatic heterocycles. The highest BCUT2D eigenvalue weighted by atomic mass is 79.9. The van der Waals surface area contributed by atoms with Crippen LogP contribution in [0.3, 0.4) is 0 Å². The van der Waals surface area contributed by atoms with Gasteiger partial charge in [-0.15, -0.1) is 0 Å². The Hall–Kier alpha value is -2.15. The third-order valence-corrected chi connectivity index (χ3v) is 4.70. The van der Waals surface area contributed by atoms with E-state index in [1.165, 1.54) is 6.07 Å². The second-order valence-electron chi connectivity index (χ2n) is 5.80. The van der Waals surface area contributed by atoms with Crippen LogP contribution < -0.4 is 10.2 Å². The number of piperazine rings is 1. The van der Waals surface area contributed by atoms with Crippen LogP contribution in [0.4, 0.5) is 10.2 Å². The molecule has 0 amide bonds. The molecule has 2 aromatic rings. The minimum Gasteiger partial charge on any atom is -0.353 e. The Balaban J connectivity index is 1.57. The SMILES string of the molecule is CN=C(NCc1cc(Br)ccc1F)N1CCN(c2ccccn2)CC1. The molecule has 0 radical (unpaired) electrons. The van der Waals surface area contributed by atoms with E-state index < -0.39 is 0 Å². The number of hydrogen-bond donors (Lipinski definition) is 1. The van der Waals surface area contributed by atoms with Crippen molar-refractivity contribution >= 4 is 27.7 Å². The summed E-state index contributed by atoms with van der Waals surface area (Å²) in [6.45, 7) is 3.85. The first kappa shape index (κ1) is 17.7. The maximum Gasteiger partial charge on any atom is 0.194 e. The van der Waals surface area contributed by atoms with Crippen LogP contribution in [0, 0.1) is 5.82 Å². The normalized spacial score (nSPS) is 15.4. The lowest BCUT2D eigenvalue weighted by Crippen LogP contribution is -2.52. The molecular formula is C18H21BrFN5. The fourth-order valence-corrected chi connectivity index (χ4v) is 3.28. The molecule has 0 spiro atoms. The van der Waals surface area contributed by atoms with Gasteiger partial charge in [-0.05, 0) is 30.3 Å². The zero-order valence-corrected chi connectivity index (χ0v) is 15.7. The van der Waals surface area contributed by atoms with E-state index in [1.54, 1.807) is 19.2 Å². The average Bonchev–Trinajstić information content (AvgIpc) is 2.66. The van der Waals surface area contributed by atoms with Crippen LogP contribution in [-0.2, 0) is 6.54 Å². The van der Waals surface area contributed by atoms with Crippen molar-refractivity contribution in [1.29, 1.82) is 0 Å². The van der Waals surface area contributed by atoms with E-state index in [9.17, 15) is 4.39 Å². The largest absolute Gasteiger partial charge is 0.353 e. The Labute approximate surface area is 155 Å². The monoisotopic (exact) mass is 405 g/mol. The van der Waals surface area contributed by atoms with Crippen LogP contribution in [0.5, 0.6) is 0 Å². The number of aromatic nitrogens is 1. The average molecular weight is 406 g/mol. The van der Waals surface area contributed by atoms with E-state index in [0.29, 0.717) is 12.1 Å². The molecule has 1 fully saturated rings. The Morgan fingerprint density at radius 2 is 2.04 bits per heavy atom. The predicted molar refractivity (Wildman–Crippen MR) is 102 cm³/mol. The Bertz CT molecular complexity index is 730. The summed E-state index contributed by atoms with van der Waals surface area (Å²) in [5.41, 5.74) is 0.614. The van der Waals surface area contributed by atoms with E-state index in [0.717, 1.165) is 42.4 Å². The quantitative estimate of drug-likeness (QED) is 0.629. The van der Waals surface area contributed by atoms with Gasteiger partial charge in [0.1, 0.15) is 11.6 Å². The standard InChI is InChI=1S/C18H21BrFN5/c1-21-18(23-13-14-12-15(19)5-6-16(14)20)25-10-8-24(9-11-25)17-4-2-3-7-22-17/h2-7,12H,8-11,13H2,1H3,(H,21,23). The third kappa shape index (κ3) is 4.48. The predicted octanol–water partition coefficient (Wildman–Crippen LogP) is 2.88. The molecule has 7 heteroatoms. The number of aliphatic imine (C=N–C) groups is 1. The molecule has 25 heavy (non-hydrogen) atoms. The fourth-order valence-electron chi connectivity index (χ4n) is 2.87. The van der Waals surface area contributed by atoms with Crippen LogP contribution in [0.25, 0.3) is 0 Å². The second-order valence-corrected chi connectivity index (χ2v) is 6.71. The minimum absolute atomic E-state index is 0.217. The molecular weight excluding hydrogens is 385 g/mol. The lowest BCUT2D eigenvalue weighted by molar-refractivity contribution is 0.371. The molecule has 132 valence electrons. The highest BCUT2D eigenvalue weighted by Crippen LogP contribution is 2.16. The van der Waals surface area contributed by atoms with Gasteiger partial charge in [0.25, 0.3) is 0 Å². The zero-order valence-electron chi connectivity index (χ0n) is 14.1. The highest BCUT2D eigenvalue weighted by Gasteiger charge is 2.20. The number of hydrogen-bond acceptors (Lipinski definition) is 3. The van der Waals surface area contributed by atoms with Gasteiger partial charge in [0.15, 0.2) is 5.96 Å². The van der Waals surface area contributed by atoms with Gasteiger partial charge in [-0.25, -0.2) is 9.37 Å². The van der Waals surface area contributed by atoms with Gasteiger partial charge in [-0.3, -0.25) is 4.99 Å². The number of halogens is 2. The molecule has 5 nitrogen and oxygen atoms in total. The lowest BCUT2D eigenvalue weighted by atomic mass is 10.2. The summed E-state index contributed by atoms with van der Waals surface area (Å²) in [4.78, 5) is 13.2. The van der Waals surface area contributed by atoms with E-state index in [1.807, 2.05) is 24.4 Å². The molecule has 1 aliphatic rings. The maximum atomic E-state index is 13.9. The smallest absolute Gasteiger partial charge is 0.194 e. The van der Waals surface area contributed by atoms with Crippen molar-refractivity contribution in [3.05, 3.63) is 58.4 Å².